The minimum absolute atomic E-state index is 0. The van der Waals surface area contributed by atoms with Gasteiger partial charge < -0.3 is 11.1 Å². The van der Waals surface area contributed by atoms with Gasteiger partial charge in [0.1, 0.15) is 0 Å². The largest absolute Gasteiger partial charge is 0.326 e. The van der Waals surface area contributed by atoms with E-state index in [1.807, 2.05) is 0 Å². The van der Waals surface area contributed by atoms with Gasteiger partial charge in [0.25, 0.3) is 0 Å². The van der Waals surface area contributed by atoms with E-state index >= 15 is 0 Å². The lowest BCUT2D eigenvalue weighted by molar-refractivity contribution is 0.302. The smallest absolute Gasteiger partial charge is 0.0221 e. The number of nitrogens with two attached hydrogens (primary N) is 1. The summed E-state index contributed by atoms with van der Waals surface area (Å²) in [5, 5.41) is 3.59. The number of hydrogen-bond donors (Lipinski definition) is 2. The van der Waals surface area contributed by atoms with E-state index in [1.165, 1.54) is 32.1 Å². The van der Waals surface area contributed by atoms with Gasteiger partial charge in [0, 0.05) is 18.1 Å². The third-order valence-corrected chi connectivity index (χ3v) is 2.93. The first-order valence-corrected chi connectivity index (χ1v) is 5.25. The van der Waals surface area contributed by atoms with E-state index in [9.17, 15) is 0 Å². The maximum Gasteiger partial charge on any atom is 0.0221 e. The van der Waals surface area contributed by atoms with Gasteiger partial charge in [0.05, 0.1) is 0 Å². The van der Waals surface area contributed by atoms with E-state index in [2.05, 4.69) is 19.2 Å². The summed E-state index contributed by atoms with van der Waals surface area (Å²) in [4.78, 5) is 0. The van der Waals surface area contributed by atoms with E-state index in [1.54, 1.807) is 0 Å². The van der Waals surface area contributed by atoms with Gasteiger partial charge in [-0.1, -0.05) is 19.8 Å². The summed E-state index contributed by atoms with van der Waals surface area (Å²) < 4.78 is 0. The number of rotatable bonds is 3. The first-order valence-electron chi connectivity index (χ1n) is 5.25. The van der Waals surface area contributed by atoms with Crippen LogP contribution in [0.4, 0.5) is 0 Å². The molecule has 0 heterocycles. The molecule has 0 aliphatic heterocycles. The third kappa shape index (κ3) is 5.40. The van der Waals surface area contributed by atoms with Gasteiger partial charge >= 0.3 is 0 Å². The Morgan fingerprint density at radius 3 is 2.36 bits per heavy atom. The highest BCUT2D eigenvalue weighted by Crippen LogP contribution is 2.17. The van der Waals surface area contributed by atoms with E-state index in [0.29, 0.717) is 18.1 Å². The van der Waals surface area contributed by atoms with Gasteiger partial charge in [0.2, 0.25) is 0 Å². The van der Waals surface area contributed by atoms with Crippen LogP contribution < -0.4 is 11.1 Å². The normalized spacial score (nSPS) is 28.5. The molecule has 0 aromatic heterocycles. The fourth-order valence-electron chi connectivity index (χ4n) is 1.85. The van der Waals surface area contributed by atoms with Gasteiger partial charge in [-0.2, -0.15) is 0 Å². The van der Waals surface area contributed by atoms with Crippen LogP contribution in [0.15, 0.2) is 0 Å². The van der Waals surface area contributed by atoms with Crippen molar-refractivity contribution < 1.29 is 0 Å². The van der Waals surface area contributed by atoms with Crippen molar-refractivity contribution in [1.82, 2.24) is 5.32 Å². The van der Waals surface area contributed by atoms with Crippen LogP contribution in [0.5, 0.6) is 0 Å². The topological polar surface area (TPSA) is 38.0 Å². The Morgan fingerprint density at radius 1 is 1.29 bits per heavy atom. The van der Waals surface area contributed by atoms with Crippen LogP contribution in [-0.2, 0) is 0 Å². The van der Waals surface area contributed by atoms with Crippen LogP contribution in [0, 0.1) is 0 Å². The molecule has 14 heavy (non-hydrogen) atoms. The fourth-order valence-corrected chi connectivity index (χ4v) is 1.85. The minimum Gasteiger partial charge on any atom is -0.326 e. The van der Waals surface area contributed by atoms with Crippen molar-refractivity contribution in [2.24, 2.45) is 5.73 Å². The molecule has 4 heteroatoms. The summed E-state index contributed by atoms with van der Waals surface area (Å²) in [6, 6.07) is 1.60. The van der Waals surface area contributed by atoms with Crippen molar-refractivity contribution in [3.8, 4) is 0 Å². The molecule has 0 radical (unpaired) electrons. The Labute approximate surface area is 100 Å². The summed E-state index contributed by atoms with van der Waals surface area (Å²) in [6.07, 6.45) is 6.34. The van der Waals surface area contributed by atoms with E-state index in [4.69, 9.17) is 5.73 Å². The lowest BCUT2D eigenvalue weighted by Gasteiger charge is -2.31. The first kappa shape index (κ1) is 16.9. The SMILES string of the molecule is CCC(C)N[C@@H]1CCCC[C@H]1N.Cl.Cl. The molecule has 0 bridgehead atoms. The maximum absolute atomic E-state index is 6.02. The molecule has 0 amide bonds. The monoisotopic (exact) mass is 242 g/mol. The average Bonchev–Trinajstić information content (AvgIpc) is 2.09. The minimum atomic E-state index is 0. The predicted molar refractivity (Wildman–Crippen MR) is 67.6 cm³/mol. The molecular weight excluding hydrogens is 219 g/mol. The first-order chi connectivity index (χ1) is 5.74. The quantitative estimate of drug-likeness (QED) is 0.799. The predicted octanol–water partition coefficient (Wildman–Crippen LogP) is 2.49. The molecule has 1 saturated carbocycles. The van der Waals surface area contributed by atoms with E-state index in [0.717, 1.165) is 0 Å². The lowest BCUT2D eigenvalue weighted by atomic mass is 9.90. The van der Waals surface area contributed by atoms with E-state index < -0.39 is 0 Å². The second-order valence-corrected chi connectivity index (χ2v) is 4.03. The summed E-state index contributed by atoms with van der Waals surface area (Å²) >= 11 is 0. The molecule has 0 aromatic rings. The van der Waals surface area contributed by atoms with Crippen molar-refractivity contribution in [2.75, 3.05) is 0 Å². The van der Waals surface area contributed by atoms with Crippen molar-refractivity contribution >= 4 is 24.8 Å². The maximum atomic E-state index is 6.02. The Hall–Kier alpha value is 0.500. The van der Waals surface area contributed by atoms with Crippen LogP contribution in [-0.4, -0.2) is 18.1 Å². The van der Waals surface area contributed by atoms with Crippen molar-refractivity contribution in [3.63, 3.8) is 0 Å². The molecule has 0 saturated heterocycles. The number of halogens is 2. The Balaban J connectivity index is 0. The van der Waals surface area contributed by atoms with Gasteiger partial charge in [0.15, 0.2) is 0 Å². The molecule has 1 unspecified atom stereocenters. The van der Waals surface area contributed by atoms with Crippen LogP contribution in [0.2, 0.25) is 0 Å². The van der Waals surface area contributed by atoms with Crippen LogP contribution >= 0.6 is 24.8 Å². The Kier molecular flexibility index (Phi) is 10.6. The fraction of sp³-hybridized carbons (Fsp3) is 1.00. The molecule has 0 aromatic carbocycles. The zero-order valence-electron chi connectivity index (χ0n) is 9.16. The van der Waals surface area contributed by atoms with Gasteiger partial charge in [-0.15, -0.1) is 24.8 Å². The van der Waals surface area contributed by atoms with Crippen LogP contribution in [0.25, 0.3) is 0 Å². The van der Waals surface area contributed by atoms with Crippen LogP contribution in [0.1, 0.15) is 46.0 Å². The van der Waals surface area contributed by atoms with Gasteiger partial charge in [-0.3, -0.25) is 0 Å². The summed E-state index contributed by atoms with van der Waals surface area (Å²) in [7, 11) is 0. The van der Waals surface area contributed by atoms with Gasteiger partial charge in [-0.05, 0) is 26.2 Å². The Bertz CT molecular complexity index is 133. The standard InChI is InChI=1S/C10H22N2.2ClH/c1-3-8(2)12-10-7-5-4-6-9(10)11;;/h8-10,12H,3-7,11H2,1-2H3;2*1H/t8?,9-,10-;;/m1../s1. The lowest BCUT2D eigenvalue weighted by Crippen LogP contribution is -2.49. The van der Waals surface area contributed by atoms with E-state index in [-0.39, 0.29) is 24.8 Å². The summed E-state index contributed by atoms with van der Waals surface area (Å²) in [6.45, 7) is 4.45. The molecule has 1 aliphatic carbocycles. The number of nitrogens with one attached hydrogen (secondary N) is 1. The molecule has 3 atom stereocenters. The average molecular weight is 243 g/mol. The molecule has 1 rings (SSSR count). The third-order valence-electron chi connectivity index (χ3n) is 2.93. The molecule has 1 aliphatic rings. The highest BCUT2D eigenvalue weighted by Gasteiger charge is 2.21. The van der Waals surface area contributed by atoms with Crippen LogP contribution in [0.3, 0.4) is 0 Å². The Morgan fingerprint density at radius 2 is 1.86 bits per heavy atom. The van der Waals surface area contributed by atoms with Crippen molar-refractivity contribution in [2.45, 2.75) is 64.1 Å². The van der Waals surface area contributed by atoms with Crippen molar-refractivity contribution in [1.29, 1.82) is 0 Å². The van der Waals surface area contributed by atoms with Gasteiger partial charge in [-0.25, -0.2) is 0 Å². The second kappa shape index (κ2) is 8.78. The summed E-state index contributed by atoms with van der Waals surface area (Å²) in [5.41, 5.74) is 6.02. The highest BCUT2D eigenvalue weighted by atomic mass is 35.5. The second-order valence-electron chi connectivity index (χ2n) is 4.03. The molecule has 1 fully saturated rings. The molecule has 2 nitrogen and oxygen atoms in total. The summed E-state index contributed by atoms with van der Waals surface area (Å²) in [5.74, 6) is 0. The molecular formula is C10H24Cl2N2. The molecule has 3 N–H and O–H groups in total. The number of hydrogen-bond acceptors (Lipinski definition) is 2. The highest BCUT2D eigenvalue weighted by molar-refractivity contribution is 5.85. The molecule has 88 valence electrons. The zero-order chi connectivity index (χ0) is 8.97. The zero-order valence-corrected chi connectivity index (χ0v) is 10.8. The van der Waals surface area contributed by atoms with Crippen molar-refractivity contribution in [3.05, 3.63) is 0 Å². The molecule has 0 spiro atoms.